The van der Waals surface area contributed by atoms with Gasteiger partial charge in [-0.2, -0.15) is 5.26 Å². The first-order valence-electron chi connectivity index (χ1n) is 4.08. The summed E-state index contributed by atoms with van der Waals surface area (Å²) in [6, 6.07) is 6.94. The average Bonchev–Trinajstić information content (AvgIpc) is 2.10. The molecule has 0 aromatic heterocycles. The van der Waals surface area contributed by atoms with E-state index in [1.54, 1.807) is 19.1 Å². The number of halogens is 1. The van der Waals surface area contributed by atoms with E-state index in [9.17, 15) is 5.11 Å². The lowest BCUT2D eigenvalue weighted by Crippen LogP contribution is -2.09. The Labute approximate surface area is 89.6 Å². The molecule has 0 bridgehead atoms. The summed E-state index contributed by atoms with van der Waals surface area (Å²) in [7, 11) is 0. The van der Waals surface area contributed by atoms with Crippen molar-refractivity contribution < 1.29 is 5.11 Å². The summed E-state index contributed by atoms with van der Waals surface area (Å²) in [6.07, 6.45) is 0.219. The van der Waals surface area contributed by atoms with Gasteiger partial charge in [-0.25, -0.2) is 0 Å². The maximum atomic E-state index is 9.61. The second-order valence-corrected chi connectivity index (χ2v) is 2.98. The normalized spacial score (nSPS) is 11.2. The summed E-state index contributed by atoms with van der Waals surface area (Å²) >= 11 is 0. The molecule has 0 radical (unpaired) electrons. The first kappa shape index (κ1) is 12.8. The lowest BCUT2D eigenvalue weighted by Gasteiger charge is -2.11. The zero-order valence-corrected chi connectivity index (χ0v) is 8.71. The molecule has 1 aromatic rings. The van der Waals surface area contributed by atoms with Gasteiger partial charge in [-0.05, 0) is 12.5 Å². The van der Waals surface area contributed by atoms with E-state index in [0.29, 0.717) is 5.56 Å². The molecule has 1 rings (SSSR count). The first-order valence-corrected chi connectivity index (χ1v) is 4.08. The molecule has 0 amide bonds. The van der Waals surface area contributed by atoms with E-state index in [1.165, 1.54) is 0 Å². The van der Waals surface area contributed by atoms with Crippen molar-refractivity contribution in [1.82, 2.24) is 0 Å². The number of nitrogens with two attached hydrogens (primary N) is 1. The number of para-hydroxylation sites is 1. The molecule has 0 saturated carbocycles. The number of benzene rings is 1. The van der Waals surface area contributed by atoms with Gasteiger partial charge in [-0.3, -0.25) is 0 Å². The van der Waals surface area contributed by atoms with E-state index in [1.807, 2.05) is 12.1 Å². The maximum absolute atomic E-state index is 9.61. The molecule has 0 fully saturated rings. The van der Waals surface area contributed by atoms with Gasteiger partial charge in [0.15, 0.2) is 0 Å². The van der Waals surface area contributed by atoms with Crippen LogP contribution >= 0.6 is 12.4 Å². The minimum atomic E-state index is -0.398. The number of hydrogen-bond acceptors (Lipinski definition) is 3. The molecule has 0 spiro atoms. The SMILES string of the molecule is Cc1cccc([C@@H](N)CC#N)c1O.Cl. The highest BCUT2D eigenvalue weighted by Crippen LogP contribution is 2.27. The van der Waals surface area contributed by atoms with Crippen LogP contribution in [0.1, 0.15) is 23.6 Å². The van der Waals surface area contributed by atoms with Gasteiger partial charge in [-0.1, -0.05) is 18.2 Å². The van der Waals surface area contributed by atoms with E-state index < -0.39 is 6.04 Å². The molecular weight excluding hydrogens is 200 g/mol. The van der Waals surface area contributed by atoms with Crippen molar-refractivity contribution in [1.29, 1.82) is 5.26 Å². The Morgan fingerprint density at radius 1 is 1.57 bits per heavy atom. The van der Waals surface area contributed by atoms with E-state index in [2.05, 4.69) is 0 Å². The molecule has 14 heavy (non-hydrogen) atoms. The predicted molar refractivity (Wildman–Crippen MR) is 57.3 cm³/mol. The van der Waals surface area contributed by atoms with Gasteiger partial charge in [0, 0.05) is 11.6 Å². The van der Waals surface area contributed by atoms with Crippen molar-refractivity contribution in [3.63, 3.8) is 0 Å². The largest absolute Gasteiger partial charge is 0.507 e. The van der Waals surface area contributed by atoms with Crippen LogP contribution < -0.4 is 5.73 Å². The van der Waals surface area contributed by atoms with Crippen molar-refractivity contribution in [2.24, 2.45) is 5.73 Å². The molecule has 76 valence electrons. The van der Waals surface area contributed by atoms with Crippen LogP contribution in [0.3, 0.4) is 0 Å². The smallest absolute Gasteiger partial charge is 0.123 e. The quantitative estimate of drug-likeness (QED) is 0.788. The van der Waals surface area contributed by atoms with Gasteiger partial charge in [0.05, 0.1) is 12.5 Å². The van der Waals surface area contributed by atoms with Gasteiger partial charge in [-0.15, -0.1) is 12.4 Å². The summed E-state index contributed by atoms with van der Waals surface area (Å²) in [5.41, 5.74) is 7.12. The van der Waals surface area contributed by atoms with E-state index in [0.717, 1.165) is 5.56 Å². The first-order chi connectivity index (χ1) is 6.16. The van der Waals surface area contributed by atoms with Crippen LogP contribution in [0.4, 0.5) is 0 Å². The molecule has 0 aliphatic heterocycles. The van der Waals surface area contributed by atoms with Crippen molar-refractivity contribution in [3.05, 3.63) is 29.3 Å². The Kier molecular flexibility index (Phi) is 5.00. The molecule has 3 N–H and O–H groups in total. The number of hydrogen-bond donors (Lipinski definition) is 2. The summed E-state index contributed by atoms with van der Waals surface area (Å²) in [5.74, 6) is 0.199. The summed E-state index contributed by atoms with van der Waals surface area (Å²) < 4.78 is 0. The zero-order chi connectivity index (χ0) is 9.84. The lowest BCUT2D eigenvalue weighted by molar-refractivity contribution is 0.458. The lowest BCUT2D eigenvalue weighted by atomic mass is 10.0. The van der Waals surface area contributed by atoms with Crippen molar-refractivity contribution in [3.8, 4) is 11.8 Å². The number of aromatic hydroxyl groups is 1. The molecule has 1 aromatic carbocycles. The Morgan fingerprint density at radius 2 is 2.21 bits per heavy atom. The Hall–Kier alpha value is -1.24. The Bertz CT molecular complexity index is 346. The minimum absolute atomic E-state index is 0. The fraction of sp³-hybridized carbons (Fsp3) is 0.300. The number of nitriles is 1. The second-order valence-electron chi connectivity index (χ2n) is 2.98. The van der Waals surface area contributed by atoms with E-state index in [-0.39, 0.29) is 24.6 Å². The molecular formula is C10H13ClN2O. The number of phenols is 1. The van der Waals surface area contributed by atoms with Crippen molar-refractivity contribution in [2.45, 2.75) is 19.4 Å². The minimum Gasteiger partial charge on any atom is -0.507 e. The van der Waals surface area contributed by atoms with Crippen LogP contribution in [0.5, 0.6) is 5.75 Å². The molecule has 3 nitrogen and oxygen atoms in total. The second kappa shape index (κ2) is 5.48. The number of phenolic OH excluding ortho intramolecular Hbond substituents is 1. The maximum Gasteiger partial charge on any atom is 0.123 e. The third-order valence-corrected chi connectivity index (χ3v) is 1.98. The van der Waals surface area contributed by atoms with Crippen LogP contribution in [0.25, 0.3) is 0 Å². The highest BCUT2D eigenvalue weighted by Gasteiger charge is 2.10. The molecule has 1 atom stereocenters. The highest BCUT2D eigenvalue weighted by atomic mass is 35.5. The van der Waals surface area contributed by atoms with Crippen LogP contribution in [0.15, 0.2) is 18.2 Å². The third kappa shape index (κ3) is 2.63. The third-order valence-electron chi connectivity index (χ3n) is 1.98. The number of nitrogens with zero attached hydrogens (tertiary/aromatic N) is 1. The molecule has 0 heterocycles. The van der Waals surface area contributed by atoms with E-state index >= 15 is 0 Å². The molecule has 0 unspecified atom stereocenters. The fourth-order valence-electron chi connectivity index (χ4n) is 1.19. The van der Waals surface area contributed by atoms with Gasteiger partial charge in [0.25, 0.3) is 0 Å². The van der Waals surface area contributed by atoms with Gasteiger partial charge in [0.2, 0.25) is 0 Å². The monoisotopic (exact) mass is 212 g/mol. The Balaban J connectivity index is 0.00000169. The standard InChI is InChI=1S/C10H12N2O.ClH/c1-7-3-2-4-8(10(7)13)9(12)5-6-11;/h2-4,9,13H,5,12H2,1H3;1H/t9-;/m0./s1. The highest BCUT2D eigenvalue weighted by molar-refractivity contribution is 5.85. The van der Waals surface area contributed by atoms with Crippen LogP contribution in [-0.2, 0) is 0 Å². The molecule has 0 aliphatic carbocycles. The fourth-order valence-corrected chi connectivity index (χ4v) is 1.19. The van der Waals surface area contributed by atoms with Crippen LogP contribution in [0.2, 0.25) is 0 Å². The van der Waals surface area contributed by atoms with E-state index in [4.69, 9.17) is 11.0 Å². The van der Waals surface area contributed by atoms with Crippen LogP contribution in [-0.4, -0.2) is 5.11 Å². The van der Waals surface area contributed by atoms with Crippen molar-refractivity contribution >= 4 is 12.4 Å². The molecule has 0 aliphatic rings. The number of aryl methyl sites for hydroxylation is 1. The predicted octanol–water partition coefficient (Wildman–Crippen LogP) is 2.04. The number of rotatable bonds is 2. The van der Waals surface area contributed by atoms with Crippen molar-refractivity contribution in [2.75, 3.05) is 0 Å². The topological polar surface area (TPSA) is 70.0 Å². The summed E-state index contributed by atoms with van der Waals surface area (Å²) in [6.45, 7) is 1.80. The van der Waals surface area contributed by atoms with Crippen LogP contribution in [0, 0.1) is 18.3 Å². The zero-order valence-electron chi connectivity index (χ0n) is 7.90. The molecule has 0 saturated heterocycles. The van der Waals surface area contributed by atoms with Gasteiger partial charge < -0.3 is 10.8 Å². The average molecular weight is 213 g/mol. The Morgan fingerprint density at radius 3 is 2.79 bits per heavy atom. The van der Waals surface area contributed by atoms with Gasteiger partial charge in [0.1, 0.15) is 5.75 Å². The van der Waals surface area contributed by atoms with Gasteiger partial charge >= 0.3 is 0 Å². The summed E-state index contributed by atoms with van der Waals surface area (Å²) in [5, 5.41) is 18.1. The molecule has 4 heteroatoms. The summed E-state index contributed by atoms with van der Waals surface area (Å²) in [4.78, 5) is 0.